The number of nitrogen functional groups attached to an aromatic ring is 1. The maximum Gasteiger partial charge on any atom is 0.181 e. The van der Waals surface area contributed by atoms with Crippen molar-refractivity contribution in [2.75, 3.05) is 5.73 Å². The summed E-state index contributed by atoms with van der Waals surface area (Å²) in [4.78, 5) is 4.11. The second-order valence-electron chi connectivity index (χ2n) is 3.22. The van der Waals surface area contributed by atoms with Crippen LogP contribution in [0.4, 0.5) is 5.13 Å². The number of rotatable bonds is 2. The van der Waals surface area contributed by atoms with Gasteiger partial charge in [-0.25, -0.2) is 4.98 Å². The molecule has 0 amide bonds. The molecule has 74 valence electrons. The van der Waals surface area contributed by atoms with Crippen LogP contribution in [0.1, 0.15) is 0 Å². The van der Waals surface area contributed by atoms with Gasteiger partial charge in [-0.2, -0.15) is 0 Å². The van der Waals surface area contributed by atoms with Gasteiger partial charge < -0.3 is 10.5 Å². The minimum absolute atomic E-state index is 0.485. The third kappa shape index (κ3) is 2.15. The summed E-state index contributed by atoms with van der Waals surface area (Å²) in [6.07, 6.45) is 5.12. The van der Waals surface area contributed by atoms with E-state index in [9.17, 15) is 0 Å². The summed E-state index contributed by atoms with van der Waals surface area (Å²) < 4.78 is 6.12. The van der Waals surface area contributed by atoms with Crippen molar-refractivity contribution < 1.29 is 4.74 Å². The molecule has 6 heteroatoms. The molecule has 0 atom stereocenters. The monoisotopic (exact) mass is 224 g/mol. The standard InChI is InChI=1S/C10H6B2N2OS/c1-2-10(11,12)15-6-3-4-7-8(5-6)16-9(13)14-7/h1,3-5H,(H2,13,14). The molecule has 0 bridgehead atoms. The molecule has 1 heterocycles. The summed E-state index contributed by atoms with van der Waals surface area (Å²) in [5.74, 6) is 2.62. The van der Waals surface area contributed by atoms with Crippen molar-refractivity contribution in [2.24, 2.45) is 0 Å². The SMILES string of the molecule is [B]C([B])(C#C)Oc1ccc2nc(N)sc2c1. The fourth-order valence-corrected chi connectivity index (χ4v) is 1.97. The Morgan fingerprint density at radius 2 is 2.25 bits per heavy atom. The van der Waals surface area contributed by atoms with Crippen LogP contribution in [-0.2, 0) is 0 Å². The van der Waals surface area contributed by atoms with Crippen LogP contribution in [0.5, 0.6) is 5.75 Å². The molecular weight excluding hydrogens is 218 g/mol. The largest absolute Gasteiger partial charge is 0.495 e. The van der Waals surface area contributed by atoms with Crippen LogP contribution in [0.3, 0.4) is 0 Å². The van der Waals surface area contributed by atoms with Crippen LogP contribution >= 0.6 is 11.3 Å². The number of hydrogen-bond acceptors (Lipinski definition) is 4. The molecular formula is C10H6B2N2OS. The molecule has 2 aromatic rings. The number of terminal acetylenes is 1. The Bertz CT molecular complexity index is 574. The van der Waals surface area contributed by atoms with Gasteiger partial charge in [-0.1, -0.05) is 17.3 Å². The van der Waals surface area contributed by atoms with Crippen molar-refractivity contribution in [1.82, 2.24) is 4.98 Å². The lowest BCUT2D eigenvalue weighted by Gasteiger charge is -2.21. The van der Waals surface area contributed by atoms with Crippen molar-refractivity contribution in [1.29, 1.82) is 0 Å². The fraction of sp³-hybridized carbons (Fsp3) is 0.100. The first kappa shape index (κ1) is 10.9. The van der Waals surface area contributed by atoms with Crippen molar-refractivity contribution in [3.8, 4) is 18.1 Å². The maximum absolute atomic E-state index is 5.58. The highest BCUT2D eigenvalue weighted by Crippen LogP contribution is 2.28. The van der Waals surface area contributed by atoms with Gasteiger partial charge in [0, 0.05) is 0 Å². The molecule has 0 aliphatic rings. The number of nitrogens with two attached hydrogens (primary N) is 1. The van der Waals surface area contributed by atoms with Crippen molar-refractivity contribution in [2.45, 2.75) is 5.40 Å². The van der Waals surface area contributed by atoms with Crippen LogP contribution in [0.15, 0.2) is 18.2 Å². The molecule has 0 saturated heterocycles. The van der Waals surface area contributed by atoms with Gasteiger partial charge in [0.15, 0.2) is 5.13 Å². The zero-order valence-corrected chi connectivity index (χ0v) is 9.12. The summed E-state index contributed by atoms with van der Waals surface area (Å²) >= 11 is 1.35. The Labute approximate surface area is 99.8 Å². The first-order valence-electron chi connectivity index (χ1n) is 4.41. The van der Waals surface area contributed by atoms with Crippen LogP contribution in [0, 0.1) is 12.3 Å². The normalized spacial score (nSPS) is 11.2. The lowest BCUT2D eigenvalue weighted by atomic mass is 9.66. The molecule has 1 aromatic heterocycles. The van der Waals surface area contributed by atoms with E-state index in [0.717, 1.165) is 10.2 Å². The molecule has 2 N–H and O–H groups in total. The zero-order chi connectivity index (χ0) is 11.8. The molecule has 16 heavy (non-hydrogen) atoms. The average Bonchev–Trinajstić information content (AvgIpc) is 2.57. The van der Waals surface area contributed by atoms with E-state index in [2.05, 4.69) is 10.9 Å². The van der Waals surface area contributed by atoms with Gasteiger partial charge >= 0.3 is 0 Å². The van der Waals surface area contributed by atoms with E-state index in [4.69, 9.17) is 32.6 Å². The van der Waals surface area contributed by atoms with Crippen molar-refractivity contribution in [3.05, 3.63) is 18.2 Å². The number of hydrogen-bond donors (Lipinski definition) is 1. The second kappa shape index (κ2) is 3.76. The smallest absolute Gasteiger partial charge is 0.181 e. The van der Waals surface area contributed by atoms with E-state index in [1.54, 1.807) is 18.2 Å². The van der Waals surface area contributed by atoms with Gasteiger partial charge in [-0.3, -0.25) is 0 Å². The predicted octanol–water partition coefficient (Wildman–Crippen LogP) is 0.881. The summed E-state index contributed by atoms with van der Waals surface area (Å²) in [6, 6.07) is 5.20. The molecule has 3 nitrogen and oxygen atoms in total. The minimum Gasteiger partial charge on any atom is -0.495 e. The van der Waals surface area contributed by atoms with Gasteiger partial charge in [-0.05, 0) is 18.2 Å². The van der Waals surface area contributed by atoms with E-state index < -0.39 is 5.40 Å². The average molecular weight is 224 g/mol. The summed E-state index contributed by atoms with van der Waals surface area (Å²) in [6.45, 7) is 0. The van der Waals surface area contributed by atoms with Crippen LogP contribution < -0.4 is 10.5 Å². The van der Waals surface area contributed by atoms with E-state index in [1.807, 2.05) is 0 Å². The molecule has 0 unspecified atom stereocenters. The lowest BCUT2D eigenvalue weighted by molar-refractivity contribution is 0.298. The Morgan fingerprint density at radius 1 is 1.50 bits per heavy atom. The molecule has 0 aliphatic carbocycles. The maximum atomic E-state index is 5.58. The van der Waals surface area contributed by atoms with Crippen LogP contribution in [0.25, 0.3) is 10.2 Å². The lowest BCUT2D eigenvalue weighted by Crippen LogP contribution is -2.35. The van der Waals surface area contributed by atoms with Gasteiger partial charge in [0.2, 0.25) is 0 Å². The Kier molecular flexibility index (Phi) is 2.56. The summed E-state index contributed by atoms with van der Waals surface area (Å²) in [7, 11) is 11.0. The van der Waals surface area contributed by atoms with Gasteiger partial charge in [0.1, 0.15) is 21.4 Å². The number of nitrogens with zero attached hydrogens (tertiary/aromatic N) is 1. The number of ether oxygens (including phenoxy) is 1. The Hall–Kier alpha value is -1.60. The number of aromatic nitrogens is 1. The molecule has 0 aliphatic heterocycles. The third-order valence-corrected chi connectivity index (χ3v) is 2.74. The number of fused-ring (bicyclic) bond motifs is 1. The Morgan fingerprint density at radius 3 is 2.94 bits per heavy atom. The molecule has 0 spiro atoms. The molecule has 0 fully saturated rings. The highest BCUT2D eigenvalue weighted by molar-refractivity contribution is 7.22. The van der Waals surface area contributed by atoms with E-state index >= 15 is 0 Å². The topological polar surface area (TPSA) is 48.1 Å². The predicted molar refractivity (Wildman–Crippen MR) is 67.7 cm³/mol. The van der Waals surface area contributed by atoms with Gasteiger partial charge in [0.05, 0.1) is 15.6 Å². The van der Waals surface area contributed by atoms with Crippen LogP contribution in [0.2, 0.25) is 0 Å². The van der Waals surface area contributed by atoms with Gasteiger partial charge in [-0.15, -0.1) is 6.42 Å². The summed E-state index contributed by atoms with van der Waals surface area (Å²) in [5.41, 5.74) is 6.38. The van der Waals surface area contributed by atoms with Gasteiger partial charge in [0.25, 0.3) is 0 Å². The molecule has 4 radical (unpaired) electrons. The number of thiazole rings is 1. The van der Waals surface area contributed by atoms with Crippen molar-refractivity contribution >= 4 is 42.4 Å². The number of benzene rings is 1. The molecule has 0 saturated carbocycles. The first-order chi connectivity index (χ1) is 7.50. The second-order valence-corrected chi connectivity index (χ2v) is 4.28. The quantitative estimate of drug-likeness (QED) is 0.608. The highest BCUT2D eigenvalue weighted by Gasteiger charge is 2.15. The minimum atomic E-state index is -1.61. The van der Waals surface area contributed by atoms with E-state index in [-0.39, 0.29) is 0 Å². The van der Waals surface area contributed by atoms with E-state index in [0.29, 0.717) is 10.9 Å². The first-order valence-corrected chi connectivity index (χ1v) is 5.22. The fourth-order valence-electron chi connectivity index (χ4n) is 1.21. The zero-order valence-electron chi connectivity index (χ0n) is 8.31. The van der Waals surface area contributed by atoms with E-state index in [1.165, 1.54) is 11.3 Å². The third-order valence-electron chi connectivity index (χ3n) is 1.89. The van der Waals surface area contributed by atoms with Crippen LogP contribution in [-0.4, -0.2) is 26.1 Å². The summed E-state index contributed by atoms with van der Waals surface area (Å²) in [5, 5.41) is -1.11. The number of anilines is 1. The molecule has 1 aromatic carbocycles. The Balaban J connectivity index is 2.37. The highest BCUT2D eigenvalue weighted by atomic mass is 32.1. The van der Waals surface area contributed by atoms with Crippen molar-refractivity contribution in [3.63, 3.8) is 0 Å². The molecule has 2 rings (SSSR count).